The third-order valence-electron chi connectivity index (χ3n) is 7.68. The molecule has 0 radical (unpaired) electrons. The molecule has 178 valence electrons. The molecule has 2 aliphatic carbocycles. The Morgan fingerprint density at radius 2 is 1.81 bits per heavy atom. The monoisotopic (exact) mass is 457 g/mol. The van der Waals surface area contributed by atoms with E-state index in [1.54, 1.807) is 0 Å². The molecule has 4 aliphatic rings. The molecule has 5 atom stereocenters. The molecular formula is C23H39NO6S. The van der Waals surface area contributed by atoms with Gasteiger partial charge < -0.3 is 19.3 Å². The molecule has 0 spiro atoms. The van der Waals surface area contributed by atoms with Crippen LogP contribution < -0.4 is 4.72 Å². The molecule has 0 aromatic heterocycles. The third-order valence-corrected chi connectivity index (χ3v) is 9.60. The van der Waals surface area contributed by atoms with Gasteiger partial charge in [0.1, 0.15) is 18.3 Å². The number of hydrogen-bond donors (Lipinski definition) is 2. The summed E-state index contributed by atoms with van der Waals surface area (Å²) in [5, 5.41) is 9.40. The van der Waals surface area contributed by atoms with Gasteiger partial charge in [-0.05, 0) is 50.4 Å². The van der Waals surface area contributed by atoms with Crippen LogP contribution in [0.4, 0.5) is 0 Å². The molecule has 2 saturated carbocycles. The van der Waals surface area contributed by atoms with E-state index >= 15 is 0 Å². The van der Waals surface area contributed by atoms with Gasteiger partial charge in [-0.3, -0.25) is 0 Å². The fourth-order valence-corrected chi connectivity index (χ4v) is 7.28. The highest BCUT2D eigenvalue weighted by Crippen LogP contribution is 2.37. The van der Waals surface area contributed by atoms with Crippen molar-refractivity contribution < 1.29 is 27.7 Å². The van der Waals surface area contributed by atoms with Crippen LogP contribution in [0.25, 0.3) is 0 Å². The highest BCUT2D eigenvalue weighted by molar-refractivity contribution is 7.90. The summed E-state index contributed by atoms with van der Waals surface area (Å²) in [4.78, 5) is 0. The van der Waals surface area contributed by atoms with E-state index in [1.807, 2.05) is 6.08 Å². The van der Waals surface area contributed by atoms with Gasteiger partial charge >= 0.3 is 0 Å². The molecule has 0 bridgehead atoms. The van der Waals surface area contributed by atoms with Crippen LogP contribution >= 0.6 is 0 Å². The van der Waals surface area contributed by atoms with Crippen molar-refractivity contribution in [2.45, 2.75) is 100.0 Å². The van der Waals surface area contributed by atoms with E-state index in [0.29, 0.717) is 37.7 Å². The van der Waals surface area contributed by atoms with Crippen LogP contribution in [-0.4, -0.2) is 69.1 Å². The Morgan fingerprint density at radius 3 is 2.48 bits per heavy atom. The van der Waals surface area contributed by atoms with Crippen molar-refractivity contribution in [1.29, 1.82) is 0 Å². The first-order chi connectivity index (χ1) is 15.0. The summed E-state index contributed by atoms with van der Waals surface area (Å²) in [6, 6.07) is 0. The molecule has 0 amide bonds. The smallest absolute Gasteiger partial charge is 0.214 e. The average molecular weight is 458 g/mol. The summed E-state index contributed by atoms with van der Waals surface area (Å²) < 4.78 is 46.7. The van der Waals surface area contributed by atoms with Gasteiger partial charge in [-0.25, -0.2) is 13.1 Å². The number of ether oxygens (including phenoxy) is 3. The SMILES string of the molecule is C=CC1CCC(S(=O)(=O)NC[C@H]2C[C@@H]3O[C@H](CO)[C@@H](OCC4CCCCC4)[C@@H]3O2)CC1. The van der Waals surface area contributed by atoms with Crippen molar-refractivity contribution in [2.75, 3.05) is 19.8 Å². The molecule has 2 saturated heterocycles. The lowest BCUT2D eigenvalue weighted by molar-refractivity contribution is -0.0943. The molecule has 0 unspecified atom stereocenters. The topological polar surface area (TPSA) is 94.1 Å². The molecule has 4 fully saturated rings. The van der Waals surface area contributed by atoms with Gasteiger partial charge in [0, 0.05) is 13.0 Å². The Kier molecular flexibility index (Phi) is 8.09. The molecule has 0 aromatic rings. The van der Waals surface area contributed by atoms with Gasteiger partial charge in [-0.15, -0.1) is 6.58 Å². The van der Waals surface area contributed by atoms with Gasteiger partial charge in [-0.2, -0.15) is 0 Å². The van der Waals surface area contributed by atoms with Crippen molar-refractivity contribution in [3.05, 3.63) is 12.7 Å². The Bertz CT molecular complexity index is 686. The Balaban J connectivity index is 1.26. The Hall–Kier alpha value is -0.510. The first-order valence-corrected chi connectivity index (χ1v) is 13.7. The predicted molar refractivity (Wildman–Crippen MR) is 118 cm³/mol. The van der Waals surface area contributed by atoms with Crippen molar-refractivity contribution in [3.8, 4) is 0 Å². The number of aliphatic hydroxyl groups is 1. The number of nitrogens with one attached hydrogen (secondary N) is 1. The number of fused-ring (bicyclic) bond motifs is 1. The van der Waals surface area contributed by atoms with Crippen LogP contribution in [0.5, 0.6) is 0 Å². The van der Waals surface area contributed by atoms with E-state index in [1.165, 1.54) is 32.1 Å². The minimum atomic E-state index is -3.36. The molecule has 0 aromatic carbocycles. The average Bonchev–Trinajstić information content (AvgIpc) is 3.34. The fourth-order valence-electron chi connectivity index (χ4n) is 5.74. The van der Waals surface area contributed by atoms with Crippen LogP contribution in [0.1, 0.15) is 64.2 Å². The fraction of sp³-hybridized carbons (Fsp3) is 0.913. The van der Waals surface area contributed by atoms with Crippen molar-refractivity contribution in [3.63, 3.8) is 0 Å². The zero-order valence-corrected chi connectivity index (χ0v) is 19.3. The molecule has 2 aliphatic heterocycles. The number of allylic oxidation sites excluding steroid dienone is 1. The second-order valence-corrected chi connectivity index (χ2v) is 11.9. The molecule has 7 nitrogen and oxygen atoms in total. The standard InChI is InChI=1S/C23H39NO6S/c1-2-16-8-10-19(11-9-16)31(26,27)24-13-18-12-20-23(29-18)22(21(14-25)30-20)28-15-17-6-4-3-5-7-17/h2,16-25H,1,3-15H2/t16?,18-,19?,20+,21-,22-,23-/m1/s1. The van der Waals surface area contributed by atoms with E-state index < -0.39 is 10.0 Å². The van der Waals surface area contributed by atoms with Gasteiger partial charge in [-0.1, -0.05) is 25.3 Å². The maximum absolute atomic E-state index is 12.7. The minimum Gasteiger partial charge on any atom is -0.394 e. The summed E-state index contributed by atoms with van der Waals surface area (Å²) in [6.45, 7) is 4.68. The molecule has 4 rings (SSSR count). The van der Waals surface area contributed by atoms with E-state index in [4.69, 9.17) is 14.2 Å². The predicted octanol–water partition coefficient (Wildman–Crippen LogP) is 2.53. The molecule has 2 heterocycles. The van der Waals surface area contributed by atoms with E-state index in [0.717, 1.165) is 12.8 Å². The summed E-state index contributed by atoms with van der Waals surface area (Å²) in [7, 11) is -3.36. The third kappa shape index (κ3) is 5.71. The normalized spacial score (nSPS) is 39.5. The second-order valence-electron chi connectivity index (χ2n) is 9.82. The minimum absolute atomic E-state index is 0.0869. The molecule has 2 N–H and O–H groups in total. The van der Waals surface area contributed by atoms with Gasteiger partial charge in [0.25, 0.3) is 0 Å². The zero-order valence-electron chi connectivity index (χ0n) is 18.5. The lowest BCUT2D eigenvalue weighted by atomic mass is 9.89. The van der Waals surface area contributed by atoms with E-state index in [-0.39, 0.29) is 48.9 Å². The number of rotatable bonds is 9. The number of hydrogen-bond acceptors (Lipinski definition) is 6. The van der Waals surface area contributed by atoms with Crippen molar-refractivity contribution in [1.82, 2.24) is 4.72 Å². The summed E-state index contributed by atoms with van der Waals surface area (Å²) in [6.07, 6.45) is 10.7. The quantitative estimate of drug-likeness (QED) is 0.517. The Morgan fingerprint density at radius 1 is 1.06 bits per heavy atom. The van der Waals surface area contributed by atoms with E-state index in [9.17, 15) is 13.5 Å². The summed E-state index contributed by atoms with van der Waals surface area (Å²) >= 11 is 0. The first-order valence-electron chi connectivity index (χ1n) is 12.1. The highest BCUT2D eigenvalue weighted by Gasteiger charge is 2.51. The first kappa shape index (κ1) is 23.6. The van der Waals surface area contributed by atoms with E-state index in [2.05, 4.69) is 11.3 Å². The van der Waals surface area contributed by atoms with Crippen LogP contribution in [0, 0.1) is 11.8 Å². The summed E-state index contributed by atoms with van der Waals surface area (Å²) in [5.74, 6) is 1.01. The van der Waals surface area contributed by atoms with Gasteiger partial charge in [0.05, 0.1) is 30.7 Å². The maximum atomic E-state index is 12.7. The van der Waals surface area contributed by atoms with Crippen molar-refractivity contribution in [2.24, 2.45) is 11.8 Å². The van der Waals surface area contributed by atoms with Crippen LogP contribution in [0.2, 0.25) is 0 Å². The van der Waals surface area contributed by atoms with Gasteiger partial charge in [0.2, 0.25) is 10.0 Å². The van der Waals surface area contributed by atoms with Crippen LogP contribution in [-0.2, 0) is 24.2 Å². The van der Waals surface area contributed by atoms with Crippen molar-refractivity contribution >= 4 is 10.0 Å². The lowest BCUT2D eigenvalue weighted by Gasteiger charge is -2.28. The maximum Gasteiger partial charge on any atom is 0.214 e. The van der Waals surface area contributed by atoms with Crippen LogP contribution in [0.3, 0.4) is 0 Å². The highest BCUT2D eigenvalue weighted by atomic mass is 32.2. The zero-order chi connectivity index (χ0) is 21.8. The van der Waals surface area contributed by atoms with Gasteiger partial charge in [0.15, 0.2) is 0 Å². The Labute approximate surface area is 187 Å². The summed E-state index contributed by atoms with van der Waals surface area (Å²) in [5.41, 5.74) is 0. The number of sulfonamides is 1. The second kappa shape index (κ2) is 10.6. The molecule has 31 heavy (non-hydrogen) atoms. The molecule has 8 heteroatoms. The largest absolute Gasteiger partial charge is 0.394 e. The molecular weight excluding hydrogens is 418 g/mol. The lowest BCUT2D eigenvalue weighted by Crippen LogP contribution is -2.42. The number of aliphatic hydroxyl groups excluding tert-OH is 1. The van der Waals surface area contributed by atoms with Crippen LogP contribution in [0.15, 0.2) is 12.7 Å².